The number of anilines is 1. The minimum absolute atomic E-state index is 0.0449. The van der Waals surface area contributed by atoms with Crippen LogP contribution >= 0.6 is 11.8 Å². The fraction of sp³-hybridized carbons (Fsp3) is 0.400. The highest BCUT2D eigenvalue weighted by Crippen LogP contribution is 2.38. The number of aryl methyl sites for hydroxylation is 1. The normalized spacial score (nSPS) is 11.8. The summed E-state index contributed by atoms with van der Waals surface area (Å²) in [5.74, 6) is 1.09. The van der Waals surface area contributed by atoms with E-state index < -0.39 is 9.84 Å². The summed E-state index contributed by atoms with van der Waals surface area (Å²) in [5.41, 5.74) is 6.67. The van der Waals surface area contributed by atoms with Crippen molar-refractivity contribution in [3.8, 4) is 5.88 Å². The van der Waals surface area contributed by atoms with E-state index in [4.69, 9.17) is 10.5 Å². The Morgan fingerprint density at radius 1 is 1.25 bits per heavy atom. The van der Waals surface area contributed by atoms with Gasteiger partial charge in [0.05, 0.1) is 17.7 Å². The quantitative estimate of drug-likeness (QED) is 0.857. The van der Waals surface area contributed by atoms with Crippen molar-refractivity contribution < 1.29 is 13.2 Å². The highest BCUT2D eigenvalue weighted by atomic mass is 32.2. The van der Waals surface area contributed by atoms with E-state index in [2.05, 4.69) is 15.0 Å². The number of pyridine rings is 1. The largest absolute Gasteiger partial charge is 0.480 e. The summed E-state index contributed by atoms with van der Waals surface area (Å²) in [6.07, 6.45) is 2.75. The zero-order valence-corrected chi connectivity index (χ0v) is 15.8. The van der Waals surface area contributed by atoms with E-state index in [0.29, 0.717) is 21.4 Å². The Morgan fingerprint density at radius 3 is 2.42 bits per heavy atom. The van der Waals surface area contributed by atoms with Gasteiger partial charge in [-0.2, -0.15) is 0 Å². The number of nitrogen functional groups attached to an aromatic ring is 1. The van der Waals surface area contributed by atoms with E-state index in [0.717, 1.165) is 11.9 Å². The molecule has 24 heavy (non-hydrogen) atoms. The first-order chi connectivity index (χ1) is 11.1. The van der Waals surface area contributed by atoms with Gasteiger partial charge in [0.2, 0.25) is 5.88 Å². The molecular formula is C15H20N4O3S2. The van der Waals surface area contributed by atoms with Crippen molar-refractivity contribution >= 4 is 27.4 Å². The summed E-state index contributed by atoms with van der Waals surface area (Å²) in [6.45, 7) is 5.70. The first-order valence-corrected chi connectivity index (χ1v) is 9.90. The third kappa shape index (κ3) is 3.96. The third-order valence-electron chi connectivity index (χ3n) is 3.21. The number of ether oxygens (including phenoxy) is 1. The van der Waals surface area contributed by atoms with Crippen LogP contribution in [0.5, 0.6) is 5.88 Å². The Kier molecular flexibility index (Phi) is 5.34. The minimum atomic E-state index is -3.48. The summed E-state index contributed by atoms with van der Waals surface area (Å²) < 4.78 is 29.2. The molecular weight excluding hydrogens is 348 g/mol. The Balaban J connectivity index is 2.62. The van der Waals surface area contributed by atoms with Gasteiger partial charge in [0.15, 0.2) is 9.84 Å². The van der Waals surface area contributed by atoms with Gasteiger partial charge in [-0.1, -0.05) is 25.6 Å². The van der Waals surface area contributed by atoms with Crippen LogP contribution in [0.2, 0.25) is 0 Å². The van der Waals surface area contributed by atoms with Gasteiger partial charge in [0, 0.05) is 17.3 Å². The maximum atomic E-state index is 12.0. The summed E-state index contributed by atoms with van der Waals surface area (Å²) in [7, 11) is -2.08. The highest BCUT2D eigenvalue weighted by Gasteiger charge is 2.22. The van der Waals surface area contributed by atoms with E-state index in [-0.39, 0.29) is 16.7 Å². The van der Waals surface area contributed by atoms with Crippen molar-refractivity contribution in [2.24, 2.45) is 0 Å². The molecule has 2 heterocycles. The van der Waals surface area contributed by atoms with Crippen molar-refractivity contribution in [1.29, 1.82) is 0 Å². The molecule has 2 aromatic heterocycles. The first-order valence-electron chi connectivity index (χ1n) is 7.19. The predicted octanol–water partition coefficient (Wildman–Crippen LogP) is 2.45. The van der Waals surface area contributed by atoms with Crippen molar-refractivity contribution in [2.75, 3.05) is 19.1 Å². The van der Waals surface area contributed by atoms with Gasteiger partial charge >= 0.3 is 0 Å². The summed E-state index contributed by atoms with van der Waals surface area (Å²) in [4.78, 5) is 14.0. The van der Waals surface area contributed by atoms with E-state index in [1.807, 2.05) is 13.8 Å². The monoisotopic (exact) mass is 368 g/mol. The first kappa shape index (κ1) is 18.5. The molecule has 7 nitrogen and oxygen atoms in total. The van der Waals surface area contributed by atoms with Crippen LogP contribution in [-0.2, 0) is 9.84 Å². The van der Waals surface area contributed by atoms with Gasteiger partial charge in [-0.05, 0) is 18.9 Å². The molecule has 0 saturated carbocycles. The van der Waals surface area contributed by atoms with E-state index in [1.165, 1.54) is 18.9 Å². The van der Waals surface area contributed by atoms with Gasteiger partial charge in [0.25, 0.3) is 0 Å². The number of hydrogen-bond acceptors (Lipinski definition) is 8. The van der Waals surface area contributed by atoms with Crippen LogP contribution in [-0.4, -0.2) is 36.7 Å². The maximum Gasteiger partial charge on any atom is 0.232 e. The number of rotatable bonds is 5. The van der Waals surface area contributed by atoms with Crippen LogP contribution in [0.3, 0.4) is 0 Å². The van der Waals surface area contributed by atoms with Gasteiger partial charge in [-0.25, -0.2) is 23.4 Å². The van der Waals surface area contributed by atoms with Crippen LogP contribution in [0.1, 0.15) is 31.3 Å². The number of methoxy groups -OCH3 is 1. The number of nitrogens with zero attached hydrogens (tertiary/aromatic N) is 3. The Hall–Kier alpha value is -1.87. The van der Waals surface area contributed by atoms with Crippen LogP contribution in [0.4, 0.5) is 5.82 Å². The Bertz CT molecular complexity index is 867. The third-order valence-corrected chi connectivity index (χ3v) is 5.38. The predicted molar refractivity (Wildman–Crippen MR) is 93.3 cm³/mol. The Morgan fingerprint density at radius 2 is 1.92 bits per heavy atom. The molecule has 0 radical (unpaired) electrons. The van der Waals surface area contributed by atoms with Crippen LogP contribution in [0.15, 0.2) is 26.9 Å². The molecule has 0 fully saturated rings. The second kappa shape index (κ2) is 6.94. The van der Waals surface area contributed by atoms with Crippen molar-refractivity contribution in [1.82, 2.24) is 15.0 Å². The summed E-state index contributed by atoms with van der Waals surface area (Å²) in [5, 5.41) is 0. The number of nitrogens with two attached hydrogens (primary N) is 1. The van der Waals surface area contributed by atoms with Gasteiger partial charge < -0.3 is 10.5 Å². The van der Waals surface area contributed by atoms with E-state index in [9.17, 15) is 8.42 Å². The molecule has 2 aromatic rings. The van der Waals surface area contributed by atoms with Crippen molar-refractivity contribution in [2.45, 2.75) is 41.4 Å². The zero-order valence-electron chi connectivity index (χ0n) is 14.2. The molecule has 0 bridgehead atoms. The van der Waals surface area contributed by atoms with Crippen LogP contribution < -0.4 is 10.5 Å². The summed E-state index contributed by atoms with van der Waals surface area (Å²) in [6, 6.07) is 1.57. The average Bonchev–Trinajstić information content (AvgIpc) is 2.48. The molecule has 0 aliphatic rings. The zero-order chi connectivity index (χ0) is 18.1. The number of hydrogen-bond donors (Lipinski definition) is 1. The lowest BCUT2D eigenvalue weighted by molar-refractivity contribution is 0.381. The van der Waals surface area contributed by atoms with E-state index in [1.54, 1.807) is 19.2 Å². The molecule has 0 unspecified atom stereocenters. The van der Waals surface area contributed by atoms with Gasteiger partial charge in [-0.3, -0.25) is 0 Å². The molecule has 130 valence electrons. The van der Waals surface area contributed by atoms with Crippen LogP contribution in [0, 0.1) is 6.92 Å². The van der Waals surface area contributed by atoms with Crippen LogP contribution in [0.25, 0.3) is 0 Å². The molecule has 0 spiro atoms. The fourth-order valence-electron chi connectivity index (χ4n) is 2.06. The molecule has 2 rings (SSSR count). The molecule has 0 aliphatic carbocycles. The lowest BCUT2D eigenvalue weighted by Gasteiger charge is -2.16. The lowest BCUT2D eigenvalue weighted by atomic mass is 10.1. The molecule has 0 aromatic carbocycles. The summed E-state index contributed by atoms with van der Waals surface area (Å²) >= 11 is 1.29. The number of sulfone groups is 1. The maximum absolute atomic E-state index is 12.0. The molecule has 0 saturated heterocycles. The molecule has 9 heteroatoms. The highest BCUT2D eigenvalue weighted by molar-refractivity contribution is 7.99. The van der Waals surface area contributed by atoms with Crippen molar-refractivity contribution in [3.05, 3.63) is 23.8 Å². The van der Waals surface area contributed by atoms with Crippen molar-refractivity contribution in [3.63, 3.8) is 0 Å². The number of aromatic nitrogens is 3. The fourth-order valence-corrected chi connectivity index (χ4v) is 3.96. The second-order valence-electron chi connectivity index (χ2n) is 5.57. The smallest absolute Gasteiger partial charge is 0.232 e. The van der Waals surface area contributed by atoms with Gasteiger partial charge in [-0.15, -0.1) is 0 Å². The minimum Gasteiger partial charge on any atom is -0.480 e. The van der Waals surface area contributed by atoms with E-state index >= 15 is 0 Å². The Labute approximate surface area is 146 Å². The standard InChI is InChI=1S/C15H20N4O3S2/c1-8(2)13-10(23-11-7-17-9(3)18-14(11)16)6-12(24(5,20)21)15(19-13)22-4/h6-8H,1-5H3,(H2,16,17,18). The second-order valence-corrected chi connectivity index (χ2v) is 8.64. The SMILES string of the molecule is COc1nc(C(C)C)c(Sc2cnc(C)nc2N)cc1S(C)(=O)=O. The molecule has 0 amide bonds. The topological polar surface area (TPSA) is 108 Å². The average molecular weight is 368 g/mol. The van der Waals surface area contributed by atoms with Gasteiger partial charge in [0.1, 0.15) is 16.5 Å². The molecule has 0 aliphatic heterocycles. The molecule has 2 N–H and O–H groups in total. The lowest BCUT2D eigenvalue weighted by Crippen LogP contribution is -2.07. The molecule has 0 atom stereocenters.